The Morgan fingerprint density at radius 2 is 2.00 bits per heavy atom. The van der Waals surface area contributed by atoms with Crippen molar-refractivity contribution < 1.29 is 14.3 Å². The number of carbonyl (C=O) groups is 1. The highest BCUT2D eigenvalue weighted by atomic mass is 35.5. The number of hydrogen-bond acceptors (Lipinski definition) is 4. The maximum Gasteiger partial charge on any atom is 0.251 e. The van der Waals surface area contributed by atoms with E-state index in [4.69, 9.17) is 21.1 Å². The molecular formula is C20H23ClN2O3. The molecular weight excluding hydrogens is 352 g/mol. The van der Waals surface area contributed by atoms with Crippen LogP contribution in [0.5, 0.6) is 5.75 Å². The summed E-state index contributed by atoms with van der Waals surface area (Å²) >= 11 is 5.88. The normalized spacial score (nSPS) is 16.1. The molecule has 0 atom stereocenters. The molecule has 1 aliphatic rings. The molecule has 1 aromatic heterocycles. The van der Waals surface area contributed by atoms with E-state index in [2.05, 4.69) is 22.4 Å². The number of carbonyl (C=O) groups excluding carboxylic acids is 1. The third kappa shape index (κ3) is 4.34. The van der Waals surface area contributed by atoms with Gasteiger partial charge in [0.25, 0.3) is 5.91 Å². The van der Waals surface area contributed by atoms with Crippen LogP contribution >= 0.6 is 11.6 Å². The second kappa shape index (κ2) is 8.52. The van der Waals surface area contributed by atoms with Gasteiger partial charge < -0.3 is 14.8 Å². The molecule has 1 fully saturated rings. The Bertz CT molecular complexity index is 743. The molecule has 2 heterocycles. The second-order valence-electron chi connectivity index (χ2n) is 6.40. The van der Waals surface area contributed by atoms with Gasteiger partial charge in [0, 0.05) is 36.9 Å². The van der Waals surface area contributed by atoms with E-state index in [0.717, 1.165) is 18.6 Å². The van der Waals surface area contributed by atoms with E-state index in [0.29, 0.717) is 37.1 Å². The topological polar surface area (TPSA) is 60.5 Å². The van der Waals surface area contributed by atoms with Crippen LogP contribution in [0, 0.1) is 0 Å². The van der Waals surface area contributed by atoms with Crippen molar-refractivity contribution in [3.8, 4) is 5.75 Å². The first-order valence-corrected chi connectivity index (χ1v) is 9.22. The first kappa shape index (κ1) is 18.7. The van der Waals surface area contributed by atoms with E-state index >= 15 is 0 Å². The molecule has 6 heteroatoms. The maximum absolute atomic E-state index is 12.5. The van der Waals surface area contributed by atoms with Crippen LogP contribution in [0.15, 0.2) is 42.6 Å². The molecule has 5 nitrogen and oxygen atoms in total. The number of benzene rings is 1. The fourth-order valence-corrected chi connectivity index (χ4v) is 3.47. The fraction of sp³-hybridized carbons (Fsp3) is 0.400. The van der Waals surface area contributed by atoms with E-state index < -0.39 is 0 Å². The highest BCUT2D eigenvalue weighted by molar-refractivity contribution is 6.29. The van der Waals surface area contributed by atoms with E-state index in [1.165, 1.54) is 11.8 Å². The molecule has 0 bridgehead atoms. The lowest BCUT2D eigenvalue weighted by Gasteiger charge is -2.38. The quantitative estimate of drug-likeness (QED) is 0.784. The molecule has 0 aliphatic carbocycles. The zero-order valence-electron chi connectivity index (χ0n) is 14.8. The molecule has 0 radical (unpaired) electrons. The Morgan fingerprint density at radius 1 is 1.27 bits per heavy atom. The molecule has 2 aromatic rings. The predicted molar refractivity (Wildman–Crippen MR) is 101 cm³/mol. The molecule has 1 aliphatic heterocycles. The SMILES string of the molecule is CCOc1ccc(C2(CNC(=O)c3ccnc(Cl)c3)CCOCC2)cc1. The Kier molecular flexibility index (Phi) is 6.12. The second-order valence-corrected chi connectivity index (χ2v) is 6.79. The third-order valence-corrected chi connectivity index (χ3v) is 5.01. The van der Waals surface area contributed by atoms with Crippen LogP contribution in [-0.4, -0.2) is 37.3 Å². The van der Waals surface area contributed by atoms with Gasteiger partial charge >= 0.3 is 0 Å². The van der Waals surface area contributed by atoms with Gasteiger partial charge in [-0.25, -0.2) is 4.98 Å². The first-order valence-electron chi connectivity index (χ1n) is 8.84. The zero-order chi connectivity index (χ0) is 18.4. The summed E-state index contributed by atoms with van der Waals surface area (Å²) in [6.45, 7) is 4.52. The molecule has 0 unspecified atom stereocenters. The van der Waals surface area contributed by atoms with E-state index in [-0.39, 0.29) is 11.3 Å². The summed E-state index contributed by atoms with van der Waals surface area (Å²) in [5.74, 6) is 0.708. The van der Waals surface area contributed by atoms with Crippen LogP contribution in [0.3, 0.4) is 0 Å². The number of ether oxygens (including phenoxy) is 2. The Labute approximate surface area is 158 Å². The number of rotatable bonds is 6. The van der Waals surface area contributed by atoms with Crippen molar-refractivity contribution >= 4 is 17.5 Å². The number of nitrogens with one attached hydrogen (secondary N) is 1. The molecule has 0 spiro atoms. The first-order chi connectivity index (χ1) is 12.6. The smallest absolute Gasteiger partial charge is 0.251 e. The van der Waals surface area contributed by atoms with Crippen LogP contribution in [-0.2, 0) is 10.2 Å². The summed E-state index contributed by atoms with van der Waals surface area (Å²) in [5, 5.41) is 3.37. The van der Waals surface area contributed by atoms with E-state index in [1.807, 2.05) is 19.1 Å². The summed E-state index contributed by atoms with van der Waals surface area (Å²) in [4.78, 5) is 16.4. The van der Waals surface area contributed by atoms with Gasteiger partial charge in [-0.15, -0.1) is 0 Å². The standard InChI is InChI=1S/C20H23ClN2O3/c1-2-26-17-5-3-16(4-6-17)20(8-11-25-12-9-20)14-23-19(24)15-7-10-22-18(21)13-15/h3-7,10,13H,2,8-9,11-12,14H2,1H3,(H,23,24). The lowest BCUT2D eigenvalue weighted by atomic mass is 9.74. The molecule has 138 valence electrons. The number of aromatic nitrogens is 1. The van der Waals surface area contributed by atoms with Gasteiger partial charge in [0.2, 0.25) is 0 Å². The molecule has 26 heavy (non-hydrogen) atoms. The van der Waals surface area contributed by atoms with Crippen molar-refractivity contribution in [1.29, 1.82) is 0 Å². The van der Waals surface area contributed by atoms with Gasteiger partial charge in [-0.2, -0.15) is 0 Å². The number of pyridine rings is 1. The zero-order valence-corrected chi connectivity index (χ0v) is 15.6. The van der Waals surface area contributed by atoms with Gasteiger partial charge in [0.05, 0.1) is 6.61 Å². The van der Waals surface area contributed by atoms with Crippen LogP contribution < -0.4 is 10.1 Å². The highest BCUT2D eigenvalue weighted by Gasteiger charge is 2.35. The highest BCUT2D eigenvalue weighted by Crippen LogP contribution is 2.35. The Balaban J connectivity index is 1.76. The van der Waals surface area contributed by atoms with E-state index in [9.17, 15) is 4.79 Å². The average molecular weight is 375 g/mol. The van der Waals surface area contributed by atoms with Gasteiger partial charge in [0.1, 0.15) is 10.9 Å². The van der Waals surface area contributed by atoms with Crippen LogP contribution in [0.2, 0.25) is 5.15 Å². The maximum atomic E-state index is 12.5. The van der Waals surface area contributed by atoms with Crippen molar-refractivity contribution in [3.63, 3.8) is 0 Å². The molecule has 3 rings (SSSR count). The minimum absolute atomic E-state index is 0.143. The number of hydrogen-bond donors (Lipinski definition) is 1. The van der Waals surface area contributed by atoms with Gasteiger partial charge in [0.15, 0.2) is 0 Å². The van der Waals surface area contributed by atoms with Crippen molar-refractivity contribution in [2.45, 2.75) is 25.2 Å². The third-order valence-electron chi connectivity index (χ3n) is 4.80. The van der Waals surface area contributed by atoms with Gasteiger partial charge in [-0.05, 0) is 49.6 Å². The monoisotopic (exact) mass is 374 g/mol. The Hall–Kier alpha value is -2.11. The van der Waals surface area contributed by atoms with Crippen LogP contribution in [0.25, 0.3) is 0 Å². The van der Waals surface area contributed by atoms with Crippen LogP contribution in [0.1, 0.15) is 35.7 Å². The molecule has 0 saturated carbocycles. The van der Waals surface area contributed by atoms with E-state index in [1.54, 1.807) is 12.1 Å². The Morgan fingerprint density at radius 3 is 2.65 bits per heavy atom. The summed E-state index contributed by atoms with van der Waals surface area (Å²) in [6.07, 6.45) is 3.25. The van der Waals surface area contributed by atoms with Crippen molar-refractivity contribution in [1.82, 2.24) is 10.3 Å². The molecule has 1 N–H and O–H groups in total. The summed E-state index contributed by atoms with van der Waals surface area (Å²) in [6, 6.07) is 11.4. The lowest BCUT2D eigenvalue weighted by molar-refractivity contribution is 0.0487. The van der Waals surface area contributed by atoms with Crippen molar-refractivity contribution in [2.24, 2.45) is 0 Å². The number of amides is 1. The summed E-state index contributed by atoms with van der Waals surface area (Å²) in [5.41, 5.74) is 1.56. The average Bonchev–Trinajstić information content (AvgIpc) is 2.68. The minimum atomic E-state index is -0.147. The largest absolute Gasteiger partial charge is 0.494 e. The number of halogens is 1. The predicted octanol–water partition coefficient (Wildman–Crippen LogP) is 3.61. The lowest BCUT2D eigenvalue weighted by Crippen LogP contribution is -2.44. The fourth-order valence-electron chi connectivity index (χ4n) is 3.30. The molecule has 1 saturated heterocycles. The van der Waals surface area contributed by atoms with Crippen LogP contribution in [0.4, 0.5) is 0 Å². The van der Waals surface area contributed by atoms with Crippen molar-refractivity contribution in [3.05, 3.63) is 58.9 Å². The van der Waals surface area contributed by atoms with Crippen molar-refractivity contribution in [2.75, 3.05) is 26.4 Å². The summed E-state index contributed by atoms with van der Waals surface area (Å²) in [7, 11) is 0. The number of nitrogens with zero attached hydrogens (tertiary/aromatic N) is 1. The molecule has 1 aromatic carbocycles. The van der Waals surface area contributed by atoms with Gasteiger partial charge in [-0.1, -0.05) is 23.7 Å². The summed E-state index contributed by atoms with van der Waals surface area (Å²) < 4.78 is 11.1. The molecule has 1 amide bonds. The van der Waals surface area contributed by atoms with Gasteiger partial charge in [-0.3, -0.25) is 4.79 Å². The minimum Gasteiger partial charge on any atom is -0.494 e.